The largest absolute Gasteiger partial charge is 0.338 e. The Labute approximate surface area is 179 Å². The van der Waals surface area contributed by atoms with E-state index in [0.717, 1.165) is 49.1 Å². The van der Waals surface area contributed by atoms with Crippen LogP contribution in [0.1, 0.15) is 17.6 Å². The summed E-state index contributed by atoms with van der Waals surface area (Å²) in [6.45, 7) is 7.97. The maximum Gasteiger partial charge on any atom is 0.231 e. The highest BCUT2D eigenvalue weighted by atomic mass is 32.1. The lowest BCUT2D eigenvalue weighted by molar-refractivity contribution is -0.114. The van der Waals surface area contributed by atoms with Gasteiger partial charge in [-0.15, -0.1) is 11.3 Å². The number of carbonyl (C=O) groups is 1. The Morgan fingerprint density at radius 1 is 1.13 bits per heavy atom. The first-order chi connectivity index (χ1) is 14.5. The molecule has 2 aromatic heterocycles. The van der Waals surface area contributed by atoms with Crippen molar-refractivity contribution in [3.8, 4) is 0 Å². The number of amides is 1. The number of thiazole rings is 1. The van der Waals surface area contributed by atoms with Crippen LogP contribution in [-0.2, 0) is 11.3 Å². The van der Waals surface area contributed by atoms with Gasteiger partial charge < -0.3 is 15.5 Å². The molecule has 3 aromatic rings. The third kappa shape index (κ3) is 5.28. The molecule has 156 valence electrons. The molecule has 0 atom stereocenters. The summed E-state index contributed by atoms with van der Waals surface area (Å²) in [5.41, 5.74) is 2.65. The molecule has 0 saturated carbocycles. The molecule has 1 aliphatic rings. The van der Waals surface area contributed by atoms with E-state index < -0.39 is 0 Å². The second kappa shape index (κ2) is 9.14. The van der Waals surface area contributed by atoms with Crippen molar-refractivity contribution in [3.63, 3.8) is 0 Å². The first-order valence-corrected chi connectivity index (χ1v) is 10.6. The maximum atomic E-state index is 11.3. The van der Waals surface area contributed by atoms with Gasteiger partial charge >= 0.3 is 0 Å². The Balaban J connectivity index is 1.36. The molecule has 4 rings (SSSR count). The first kappa shape index (κ1) is 20.2. The molecule has 1 amide bonds. The number of piperazine rings is 1. The zero-order valence-electron chi connectivity index (χ0n) is 17.0. The van der Waals surface area contributed by atoms with Crippen molar-refractivity contribution in [2.75, 3.05) is 41.7 Å². The standard InChI is InChI=1S/C20H24N8OS/c1-14(29)23-16-4-3-5-17(10-16)25-19-21-13-22-20(26-19)28-8-6-27(7-9-28)11-18-12-30-15(2)24-18/h3-5,10,12-13H,6-9,11H2,1-2H3,(H,23,29)(H,21,22,25,26). The summed E-state index contributed by atoms with van der Waals surface area (Å²) < 4.78 is 0. The van der Waals surface area contributed by atoms with Gasteiger partial charge in [0.25, 0.3) is 0 Å². The number of nitrogens with one attached hydrogen (secondary N) is 2. The molecular formula is C20H24N8OS. The molecule has 3 heterocycles. The normalized spacial score (nSPS) is 14.5. The molecule has 2 N–H and O–H groups in total. The molecule has 1 fully saturated rings. The number of aryl methyl sites for hydroxylation is 1. The lowest BCUT2D eigenvalue weighted by atomic mass is 10.3. The molecule has 0 spiro atoms. The molecule has 10 heteroatoms. The number of nitrogens with zero attached hydrogens (tertiary/aromatic N) is 6. The van der Waals surface area contributed by atoms with Crippen LogP contribution in [0, 0.1) is 6.92 Å². The van der Waals surface area contributed by atoms with E-state index >= 15 is 0 Å². The number of benzene rings is 1. The summed E-state index contributed by atoms with van der Waals surface area (Å²) in [6, 6.07) is 7.42. The minimum Gasteiger partial charge on any atom is -0.338 e. The summed E-state index contributed by atoms with van der Waals surface area (Å²) in [5, 5.41) is 9.19. The van der Waals surface area contributed by atoms with Gasteiger partial charge in [0.2, 0.25) is 17.8 Å². The molecule has 1 saturated heterocycles. The van der Waals surface area contributed by atoms with Crippen molar-refractivity contribution in [2.45, 2.75) is 20.4 Å². The Morgan fingerprint density at radius 2 is 1.93 bits per heavy atom. The van der Waals surface area contributed by atoms with Gasteiger partial charge in [-0.05, 0) is 25.1 Å². The number of rotatable bonds is 6. The van der Waals surface area contributed by atoms with Crippen LogP contribution in [0.15, 0.2) is 36.0 Å². The summed E-state index contributed by atoms with van der Waals surface area (Å²) in [5.74, 6) is 1.02. The minimum atomic E-state index is -0.112. The van der Waals surface area contributed by atoms with E-state index in [1.54, 1.807) is 11.3 Å². The van der Waals surface area contributed by atoms with Crippen LogP contribution < -0.4 is 15.5 Å². The molecule has 9 nitrogen and oxygen atoms in total. The van der Waals surface area contributed by atoms with E-state index in [2.05, 4.69) is 45.7 Å². The zero-order chi connectivity index (χ0) is 20.9. The Hall–Kier alpha value is -3.11. The van der Waals surface area contributed by atoms with Crippen LogP contribution in [0.2, 0.25) is 0 Å². The number of hydrogen-bond acceptors (Lipinski definition) is 9. The van der Waals surface area contributed by atoms with Gasteiger partial charge in [-0.1, -0.05) is 6.07 Å². The summed E-state index contributed by atoms with van der Waals surface area (Å²) in [4.78, 5) is 33.5. The highest BCUT2D eigenvalue weighted by Gasteiger charge is 2.20. The SMILES string of the molecule is CC(=O)Nc1cccc(Nc2ncnc(N3CCN(Cc4csc(C)n4)CC3)n2)c1. The number of carbonyl (C=O) groups excluding carboxylic acids is 1. The quantitative estimate of drug-likeness (QED) is 0.623. The van der Waals surface area contributed by atoms with Crippen molar-refractivity contribution in [3.05, 3.63) is 46.7 Å². The fourth-order valence-corrected chi connectivity index (χ4v) is 3.93. The fourth-order valence-electron chi connectivity index (χ4n) is 3.32. The number of aromatic nitrogens is 4. The van der Waals surface area contributed by atoms with Gasteiger partial charge in [-0.25, -0.2) is 15.0 Å². The van der Waals surface area contributed by atoms with Crippen molar-refractivity contribution >= 4 is 40.5 Å². The van der Waals surface area contributed by atoms with E-state index in [-0.39, 0.29) is 5.91 Å². The van der Waals surface area contributed by atoms with Crippen LogP contribution in [0.5, 0.6) is 0 Å². The Kier molecular flexibility index (Phi) is 6.15. The van der Waals surface area contributed by atoms with Gasteiger partial charge in [0.15, 0.2) is 0 Å². The first-order valence-electron chi connectivity index (χ1n) is 9.77. The van der Waals surface area contributed by atoms with Crippen molar-refractivity contribution in [1.29, 1.82) is 0 Å². The third-order valence-corrected chi connectivity index (χ3v) is 5.53. The lowest BCUT2D eigenvalue weighted by Gasteiger charge is -2.34. The number of anilines is 4. The van der Waals surface area contributed by atoms with E-state index in [1.165, 1.54) is 13.3 Å². The molecular weight excluding hydrogens is 400 g/mol. The maximum absolute atomic E-state index is 11.3. The van der Waals surface area contributed by atoms with Gasteiger partial charge in [-0.3, -0.25) is 9.69 Å². The van der Waals surface area contributed by atoms with Crippen LogP contribution >= 0.6 is 11.3 Å². The van der Waals surface area contributed by atoms with Crippen LogP contribution in [0.3, 0.4) is 0 Å². The zero-order valence-corrected chi connectivity index (χ0v) is 17.8. The highest BCUT2D eigenvalue weighted by molar-refractivity contribution is 7.09. The Morgan fingerprint density at radius 3 is 2.67 bits per heavy atom. The molecule has 30 heavy (non-hydrogen) atoms. The summed E-state index contributed by atoms with van der Waals surface area (Å²) >= 11 is 1.69. The van der Waals surface area contributed by atoms with E-state index in [9.17, 15) is 4.79 Å². The topological polar surface area (TPSA) is 99.2 Å². The van der Waals surface area contributed by atoms with Crippen LogP contribution in [-0.4, -0.2) is 56.9 Å². The van der Waals surface area contributed by atoms with Gasteiger partial charge in [0.05, 0.1) is 10.7 Å². The van der Waals surface area contributed by atoms with Crippen LogP contribution in [0.4, 0.5) is 23.3 Å². The predicted molar refractivity (Wildman–Crippen MR) is 118 cm³/mol. The minimum absolute atomic E-state index is 0.112. The smallest absolute Gasteiger partial charge is 0.231 e. The lowest BCUT2D eigenvalue weighted by Crippen LogP contribution is -2.46. The third-order valence-electron chi connectivity index (χ3n) is 4.71. The van der Waals surface area contributed by atoms with Crippen molar-refractivity contribution < 1.29 is 4.79 Å². The second-order valence-electron chi connectivity index (χ2n) is 7.12. The van der Waals surface area contributed by atoms with E-state index in [0.29, 0.717) is 17.6 Å². The molecule has 0 radical (unpaired) electrons. The fraction of sp³-hybridized carbons (Fsp3) is 0.350. The van der Waals surface area contributed by atoms with Gasteiger partial charge in [0, 0.05) is 56.4 Å². The number of hydrogen-bond donors (Lipinski definition) is 2. The molecule has 0 bridgehead atoms. The van der Waals surface area contributed by atoms with E-state index in [4.69, 9.17) is 0 Å². The second-order valence-corrected chi connectivity index (χ2v) is 8.18. The highest BCUT2D eigenvalue weighted by Crippen LogP contribution is 2.20. The molecule has 0 unspecified atom stereocenters. The average Bonchev–Trinajstić information content (AvgIpc) is 3.13. The monoisotopic (exact) mass is 424 g/mol. The van der Waals surface area contributed by atoms with Gasteiger partial charge in [-0.2, -0.15) is 4.98 Å². The summed E-state index contributed by atoms with van der Waals surface area (Å²) in [7, 11) is 0. The Bertz CT molecular complexity index is 1020. The molecule has 0 aliphatic carbocycles. The molecule has 1 aromatic carbocycles. The van der Waals surface area contributed by atoms with Crippen molar-refractivity contribution in [2.24, 2.45) is 0 Å². The van der Waals surface area contributed by atoms with Crippen LogP contribution in [0.25, 0.3) is 0 Å². The van der Waals surface area contributed by atoms with Crippen molar-refractivity contribution in [1.82, 2.24) is 24.8 Å². The molecule has 1 aliphatic heterocycles. The average molecular weight is 425 g/mol. The van der Waals surface area contributed by atoms with E-state index in [1.807, 2.05) is 31.2 Å². The predicted octanol–water partition coefficient (Wildman–Crippen LogP) is 2.66. The summed E-state index contributed by atoms with van der Waals surface area (Å²) in [6.07, 6.45) is 1.52. The van der Waals surface area contributed by atoms with Gasteiger partial charge in [0.1, 0.15) is 6.33 Å².